The summed E-state index contributed by atoms with van der Waals surface area (Å²) < 4.78 is 7.21. The van der Waals surface area contributed by atoms with Crippen molar-refractivity contribution in [1.29, 1.82) is 0 Å². The maximum absolute atomic E-state index is 2.42. The van der Waals surface area contributed by atoms with Gasteiger partial charge in [-0.3, -0.25) is 8.80 Å². The van der Waals surface area contributed by atoms with Crippen LogP contribution in [0.4, 0.5) is 0 Å². The van der Waals surface area contributed by atoms with E-state index in [1.165, 1.54) is 87.4 Å². The van der Waals surface area contributed by atoms with Gasteiger partial charge in [-0.05, 0) is 71.8 Å². The van der Waals surface area contributed by atoms with Crippen molar-refractivity contribution in [3.8, 4) is 16.8 Å². The molecule has 0 aliphatic heterocycles. The molecule has 0 saturated heterocycles. The van der Waals surface area contributed by atoms with Crippen LogP contribution in [0, 0.1) is 0 Å². The van der Waals surface area contributed by atoms with Gasteiger partial charge < -0.3 is 4.57 Å². The number of fused-ring (bicyclic) bond motifs is 9. The summed E-state index contributed by atoms with van der Waals surface area (Å²) in [6.07, 6.45) is 0. The van der Waals surface area contributed by atoms with E-state index in [-0.39, 0.29) is 0 Å². The van der Waals surface area contributed by atoms with E-state index in [9.17, 15) is 0 Å². The smallest absolute Gasteiger partial charge is 0.0716 e. The first kappa shape index (κ1) is 27.3. The third kappa shape index (κ3) is 3.87. The predicted octanol–water partition coefficient (Wildman–Crippen LogP) is 10.9. The number of benzene rings is 7. The van der Waals surface area contributed by atoms with Crippen molar-refractivity contribution in [3.05, 3.63) is 158 Å². The summed E-state index contributed by atoms with van der Waals surface area (Å²) >= 11 is 0. The SMILES string of the molecule is C[Si-](C)c1ccc(-n2c3ccccc3c3cc(-c4ccc5c(c4)c4ccccc4n5-n4c5ccccc5c5ccccc54)ccc32)cc1. The summed E-state index contributed by atoms with van der Waals surface area (Å²) in [4.78, 5) is 0. The van der Waals surface area contributed by atoms with Gasteiger partial charge in [0.1, 0.15) is 0 Å². The monoisotopic (exact) mass is 630 g/mol. The highest BCUT2D eigenvalue weighted by atomic mass is 28.3. The Bertz CT molecular complexity index is 2810. The average Bonchev–Trinajstić information content (AvgIpc) is 3.76. The number of rotatable bonds is 4. The van der Waals surface area contributed by atoms with E-state index in [0.29, 0.717) is 0 Å². The quantitative estimate of drug-likeness (QED) is 0.172. The second kappa shape index (κ2) is 10.3. The Morgan fingerprint density at radius 2 is 0.729 bits per heavy atom. The molecular weight excluding hydrogens is 599 g/mol. The molecule has 4 heteroatoms. The Balaban J connectivity index is 1.19. The molecule has 7 aromatic carbocycles. The van der Waals surface area contributed by atoms with E-state index in [0.717, 1.165) is 0 Å². The Morgan fingerprint density at radius 1 is 0.354 bits per heavy atom. The zero-order valence-electron chi connectivity index (χ0n) is 26.9. The number of para-hydroxylation sites is 4. The molecule has 3 aromatic heterocycles. The Hall–Kier alpha value is -5.84. The van der Waals surface area contributed by atoms with Crippen molar-refractivity contribution in [3.63, 3.8) is 0 Å². The predicted molar refractivity (Wildman–Crippen MR) is 207 cm³/mol. The third-order valence-electron chi connectivity index (χ3n) is 10.1. The van der Waals surface area contributed by atoms with Gasteiger partial charge in [0.25, 0.3) is 0 Å². The van der Waals surface area contributed by atoms with Crippen molar-refractivity contribution in [2.24, 2.45) is 0 Å². The van der Waals surface area contributed by atoms with Crippen LogP contribution in [0.15, 0.2) is 158 Å². The fourth-order valence-corrected chi connectivity index (χ4v) is 8.67. The molecule has 0 aliphatic rings. The van der Waals surface area contributed by atoms with Gasteiger partial charge in [-0.25, -0.2) is 9.35 Å². The average molecular weight is 631 g/mol. The maximum Gasteiger partial charge on any atom is 0.0716 e. The van der Waals surface area contributed by atoms with Gasteiger partial charge in [-0.15, -0.1) is 0 Å². The molecule has 48 heavy (non-hydrogen) atoms. The van der Waals surface area contributed by atoms with Crippen LogP contribution in [-0.2, 0) is 0 Å². The molecule has 0 bridgehead atoms. The fourth-order valence-electron chi connectivity index (χ4n) is 7.84. The Morgan fingerprint density at radius 3 is 1.25 bits per heavy atom. The van der Waals surface area contributed by atoms with Crippen LogP contribution in [0.1, 0.15) is 0 Å². The summed E-state index contributed by atoms with van der Waals surface area (Å²) in [5.41, 5.74) is 10.9. The number of nitrogens with zero attached hydrogens (tertiary/aromatic N) is 3. The second-order valence-electron chi connectivity index (χ2n) is 13.0. The van der Waals surface area contributed by atoms with Crippen LogP contribution in [0.25, 0.3) is 82.2 Å². The largest absolute Gasteiger partial charge is 0.309 e. The van der Waals surface area contributed by atoms with E-state index < -0.39 is 8.80 Å². The van der Waals surface area contributed by atoms with Crippen molar-refractivity contribution in [2.75, 3.05) is 0 Å². The minimum atomic E-state index is -0.489. The lowest BCUT2D eigenvalue weighted by molar-refractivity contribution is 0.775. The molecule has 0 unspecified atom stereocenters. The van der Waals surface area contributed by atoms with Crippen LogP contribution in [0.5, 0.6) is 0 Å². The molecule has 0 radical (unpaired) electrons. The first-order valence-corrected chi connectivity index (χ1v) is 19.1. The zero-order valence-corrected chi connectivity index (χ0v) is 27.9. The van der Waals surface area contributed by atoms with Gasteiger partial charge >= 0.3 is 0 Å². The van der Waals surface area contributed by atoms with Gasteiger partial charge in [-0.2, -0.15) is 18.3 Å². The van der Waals surface area contributed by atoms with Crippen molar-refractivity contribution >= 4 is 79.4 Å². The number of aromatic nitrogens is 3. The molecule has 228 valence electrons. The molecule has 0 aliphatic carbocycles. The molecule has 10 rings (SSSR count). The standard InChI is InChI=1S/C44H32N3Si/c1-48(2)32-23-21-31(22-24-32)45-39-15-7-3-13-35(39)37-27-29(19-25-40(37)45)30-20-26-44-38(28-30)36-14-6-10-18-43(36)47(44)46-41-16-8-4-11-33(41)34-12-5-9-17-42(34)46/h3-28H,1-2H3/q-1. The fraction of sp³-hybridized carbons (Fsp3) is 0.0455. The Labute approximate surface area is 280 Å². The van der Waals surface area contributed by atoms with Crippen molar-refractivity contribution in [2.45, 2.75) is 13.1 Å². The molecule has 0 saturated carbocycles. The van der Waals surface area contributed by atoms with E-state index in [1.807, 2.05) is 0 Å². The van der Waals surface area contributed by atoms with Crippen LogP contribution in [-0.4, -0.2) is 22.7 Å². The maximum atomic E-state index is 2.42. The molecule has 0 fully saturated rings. The van der Waals surface area contributed by atoms with Gasteiger partial charge in [-0.1, -0.05) is 97.1 Å². The highest BCUT2D eigenvalue weighted by Crippen LogP contribution is 2.39. The van der Waals surface area contributed by atoms with E-state index in [1.54, 1.807) is 0 Å². The summed E-state index contributed by atoms with van der Waals surface area (Å²) in [6, 6.07) is 58.2. The molecule has 3 nitrogen and oxygen atoms in total. The first-order chi connectivity index (χ1) is 23.7. The van der Waals surface area contributed by atoms with Gasteiger partial charge in [0.15, 0.2) is 0 Å². The zero-order chi connectivity index (χ0) is 31.9. The van der Waals surface area contributed by atoms with E-state index in [2.05, 4.69) is 185 Å². The third-order valence-corrected chi connectivity index (χ3v) is 11.6. The Kier molecular flexibility index (Phi) is 5.87. The van der Waals surface area contributed by atoms with E-state index in [4.69, 9.17) is 0 Å². The van der Waals surface area contributed by atoms with E-state index >= 15 is 0 Å². The molecule has 0 amide bonds. The summed E-state index contributed by atoms with van der Waals surface area (Å²) in [7, 11) is -0.489. The molecule has 3 heterocycles. The number of hydrogen-bond acceptors (Lipinski definition) is 0. The lowest BCUT2D eigenvalue weighted by atomic mass is 10.0. The molecule has 0 spiro atoms. The van der Waals surface area contributed by atoms with Crippen molar-refractivity contribution < 1.29 is 0 Å². The lowest BCUT2D eigenvalue weighted by Gasteiger charge is -2.19. The molecular formula is C44H32N3Si-. The number of hydrogen-bond donors (Lipinski definition) is 0. The van der Waals surface area contributed by atoms with Crippen LogP contribution >= 0.6 is 0 Å². The van der Waals surface area contributed by atoms with Crippen LogP contribution < -0.4 is 5.19 Å². The van der Waals surface area contributed by atoms with Crippen LogP contribution in [0.2, 0.25) is 13.1 Å². The van der Waals surface area contributed by atoms with Gasteiger partial charge in [0.2, 0.25) is 0 Å². The minimum absolute atomic E-state index is 0.489. The summed E-state index contributed by atoms with van der Waals surface area (Å²) in [5.74, 6) is 0. The van der Waals surface area contributed by atoms with Gasteiger partial charge in [0.05, 0.1) is 33.1 Å². The van der Waals surface area contributed by atoms with Crippen molar-refractivity contribution in [1.82, 2.24) is 13.9 Å². The normalized spacial score (nSPS) is 12.0. The van der Waals surface area contributed by atoms with Crippen LogP contribution in [0.3, 0.4) is 0 Å². The topological polar surface area (TPSA) is 14.8 Å². The second-order valence-corrected chi connectivity index (χ2v) is 15.6. The molecule has 10 aromatic rings. The minimum Gasteiger partial charge on any atom is -0.309 e. The highest BCUT2D eigenvalue weighted by molar-refractivity contribution is 6.70. The molecule has 0 N–H and O–H groups in total. The molecule has 0 atom stereocenters. The first-order valence-electron chi connectivity index (χ1n) is 16.6. The highest BCUT2D eigenvalue weighted by Gasteiger charge is 2.18. The summed E-state index contributed by atoms with van der Waals surface area (Å²) in [6.45, 7) is 4.70. The van der Waals surface area contributed by atoms with Gasteiger partial charge in [0, 0.05) is 38.0 Å². The lowest BCUT2D eigenvalue weighted by Crippen LogP contribution is -2.21. The summed E-state index contributed by atoms with van der Waals surface area (Å²) in [5, 5.41) is 9.04.